The van der Waals surface area contributed by atoms with Crippen LogP contribution in [0.2, 0.25) is 0 Å². The minimum Gasteiger partial charge on any atom is -0.307 e. The lowest BCUT2D eigenvalue weighted by Crippen LogP contribution is -2.27. The van der Waals surface area contributed by atoms with Crippen LogP contribution in [-0.2, 0) is 9.13 Å². The van der Waals surface area contributed by atoms with Gasteiger partial charge in [0.1, 0.15) is 10.9 Å². The highest BCUT2D eigenvalue weighted by atomic mass is 31.2. The summed E-state index contributed by atoms with van der Waals surface area (Å²) in [6.45, 7) is 3.85. The fourth-order valence-corrected chi connectivity index (χ4v) is 9.64. The van der Waals surface area contributed by atoms with E-state index in [1.807, 2.05) is 127 Å². The van der Waals surface area contributed by atoms with Crippen molar-refractivity contribution in [2.75, 3.05) is 0 Å². The zero-order chi connectivity index (χ0) is 27.8. The van der Waals surface area contributed by atoms with Crippen molar-refractivity contribution in [2.24, 2.45) is 4.99 Å². The quantitative estimate of drug-likeness (QED) is 0.123. The highest BCUT2D eigenvalue weighted by molar-refractivity contribution is 7.85. The molecule has 0 N–H and O–H groups in total. The Hall–Kier alpha value is -4.36. The maximum absolute atomic E-state index is 14.8. The van der Waals surface area contributed by atoms with Gasteiger partial charge < -0.3 is 9.13 Å². The van der Waals surface area contributed by atoms with E-state index in [0.717, 1.165) is 0 Å². The largest absolute Gasteiger partial charge is 0.307 e. The lowest BCUT2D eigenvalue weighted by Gasteiger charge is -2.20. The van der Waals surface area contributed by atoms with Crippen LogP contribution in [0.15, 0.2) is 169 Å². The predicted octanol–water partition coefficient (Wildman–Crippen LogP) is 6.18. The van der Waals surface area contributed by atoms with Crippen LogP contribution in [0.4, 0.5) is 0 Å². The highest BCUT2D eigenvalue weighted by Gasteiger charge is 2.32. The molecule has 0 bridgehead atoms. The number of hydrogen-bond acceptors (Lipinski definition) is 4. The van der Waals surface area contributed by atoms with Crippen LogP contribution < -0.4 is 26.7 Å². The molecule has 4 aromatic carbocycles. The summed E-state index contributed by atoms with van der Waals surface area (Å²) in [5, 5.41) is 2.75. The van der Waals surface area contributed by atoms with Gasteiger partial charge in [0.25, 0.3) is 0 Å². The number of aromatic nitrogens is 1. The van der Waals surface area contributed by atoms with Crippen LogP contribution in [0.3, 0.4) is 0 Å². The van der Waals surface area contributed by atoms with Gasteiger partial charge in [-0.3, -0.25) is 4.99 Å². The number of allylic oxidation sites excluding steroid dienone is 2. The molecular weight excluding hydrogens is 530 g/mol. The number of nitrogens with zero attached hydrogens (tertiary/aromatic N) is 2. The molecule has 5 aromatic rings. The van der Waals surface area contributed by atoms with Crippen molar-refractivity contribution in [1.29, 1.82) is 0 Å². The van der Waals surface area contributed by atoms with E-state index in [9.17, 15) is 9.13 Å². The fraction of sp³-hybridized carbons (Fsp3) is 0. The Balaban J connectivity index is 1.61. The molecule has 0 fully saturated rings. The monoisotopic (exact) mass is 558 g/mol. The summed E-state index contributed by atoms with van der Waals surface area (Å²) in [5.41, 5.74) is 1.34. The number of hydrogen-bond donors (Lipinski definition) is 0. The van der Waals surface area contributed by atoms with Crippen molar-refractivity contribution in [3.8, 4) is 0 Å². The number of rotatable bonds is 9. The van der Waals surface area contributed by atoms with E-state index < -0.39 is 14.3 Å². The van der Waals surface area contributed by atoms with Crippen molar-refractivity contribution in [2.45, 2.75) is 0 Å². The van der Waals surface area contributed by atoms with E-state index in [0.29, 0.717) is 37.8 Å². The minimum atomic E-state index is -3.32. The van der Waals surface area contributed by atoms with Gasteiger partial charge in [-0.05, 0) is 18.2 Å². The molecule has 0 saturated heterocycles. The van der Waals surface area contributed by atoms with E-state index in [4.69, 9.17) is 9.98 Å². The summed E-state index contributed by atoms with van der Waals surface area (Å²) in [4.78, 5) is 9.53. The van der Waals surface area contributed by atoms with E-state index in [1.165, 1.54) is 0 Å². The van der Waals surface area contributed by atoms with Crippen molar-refractivity contribution >= 4 is 47.2 Å². The second-order valence-corrected chi connectivity index (χ2v) is 14.4. The van der Waals surface area contributed by atoms with Gasteiger partial charge in [-0.25, -0.2) is 4.98 Å². The van der Waals surface area contributed by atoms with Gasteiger partial charge in [0.2, 0.25) is 0 Å². The van der Waals surface area contributed by atoms with Gasteiger partial charge in [0.05, 0.1) is 11.9 Å². The molecule has 0 spiro atoms. The van der Waals surface area contributed by atoms with Gasteiger partial charge in [-0.2, -0.15) is 0 Å². The second kappa shape index (κ2) is 12.2. The van der Waals surface area contributed by atoms with Crippen molar-refractivity contribution in [1.82, 2.24) is 4.98 Å². The Labute approximate surface area is 235 Å². The third-order valence-electron chi connectivity index (χ3n) is 6.48. The summed E-state index contributed by atoms with van der Waals surface area (Å²) in [6, 6.07) is 42.9. The lowest BCUT2D eigenvalue weighted by molar-refractivity contribution is 0.590. The molecule has 196 valence electrons. The first-order chi connectivity index (χ1) is 19.6. The normalized spacial score (nSPS) is 12.3. The molecule has 40 heavy (non-hydrogen) atoms. The Morgan fingerprint density at radius 2 is 1.05 bits per heavy atom. The average Bonchev–Trinajstić information content (AvgIpc) is 3.04. The second-order valence-electron chi connectivity index (χ2n) is 9.00. The summed E-state index contributed by atoms with van der Waals surface area (Å²) in [5.74, 6) is 0. The van der Waals surface area contributed by atoms with E-state index in [2.05, 4.69) is 6.58 Å². The molecule has 6 heteroatoms. The first-order valence-corrected chi connectivity index (χ1v) is 16.3. The van der Waals surface area contributed by atoms with Crippen LogP contribution >= 0.6 is 14.3 Å². The maximum atomic E-state index is 14.8. The molecule has 0 atom stereocenters. The Morgan fingerprint density at radius 3 is 1.50 bits per heavy atom. The number of benzene rings is 4. The molecule has 0 aliphatic heterocycles. The zero-order valence-corrected chi connectivity index (χ0v) is 23.6. The topological polar surface area (TPSA) is 59.4 Å². The Kier molecular flexibility index (Phi) is 8.31. The van der Waals surface area contributed by atoms with Crippen molar-refractivity contribution in [3.05, 3.63) is 169 Å². The lowest BCUT2D eigenvalue weighted by atomic mass is 10.4. The molecule has 0 radical (unpaired) electrons. The SMILES string of the molecule is C=CC=C(N=Cc1cccc(P(=O)(c2ccccc2)c2ccccc2)n1)P(=O)(c1ccccc1)c1ccccc1. The Morgan fingerprint density at radius 1 is 0.600 bits per heavy atom. The summed E-state index contributed by atoms with van der Waals surface area (Å²) in [7, 11) is -6.57. The molecule has 0 amide bonds. The number of pyridine rings is 1. The van der Waals surface area contributed by atoms with E-state index >= 15 is 0 Å². The fourth-order valence-electron chi connectivity index (χ4n) is 4.53. The molecule has 0 saturated carbocycles. The smallest absolute Gasteiger partial charge is 0.188 e. The minimum absolute atomic E-state index is 0.376. The summed E-state index contributed by atoms with van der Waals surface area (Å²) >= 11 is 0. The van der Waals surface area contributed by atoms with Crippen LogP contribution in [0, 0.1) is 0 Å². The van der Waals surface area contributed by atoms with Crippen molar-refractivity contribution in [3.63, 3.8) is 0 Å². The third kappa shape index (κ3) is 5.38. The standard InChI is InChI=1S/C34H28N2O2P2/c1-2-16-33(39(37,29-18-7-3-8-19-29)30-20-9-4-10-21-30)35-27-28-17-15-26-34(36-28)40(38,31-22-11-5-12-23-31)32-24-13-6-14-25-32/h2-27H,1H2. The molecule has 1 heterocycles. The number of aliphatic imine (C=N–C) groups is 1. The van der Waals surface area contributed by atoms with Crippen LogP contribution in [0.25, 0.3) is 0 Å². The van der Waals surface area contributed by atoms with E-state index in [-0.39, 0.29) is 0 Å². The molecular formula is C34H28N2O2P2. The summed E-state index contributed by atoms with van der Waals surface area (Å²) < 4.78 is 29.6. The Bertz CT molecular complexity index is 1660. The van der Waals surface area contributed by atoms with Crippen LogP contribution in [0.5, 0.6) is 0 Å². The zero-order valence-electron chi connectivity index (χ0n) is 21.8. The van der Waals surface area contributed by atoms with Gasteiger partial charge >= 0.3 is 0 Å². The highest BCUT2D eigenvalue weighted by Crippen LogP contribution is 2.52. The molecule has 4 nitrogen and oxygen atoms in total. The first-order valence-electron chi connectivity index (χ1n) is 12.8. The molecule has 0 aliphatic rings. The summed E-state index contributed by atoms with van der Waals surface area (Å²) in [6.07, 6.45) is 4.85. The van der Waals surface area contributed by atoms with E-state index in [1.54, 1.807) is 30.5 Å². The van der Waals surface area contributed by atoms with Gasteiger partial charge in [0, 0.05) is 21.2 Å². The van der Waals surface area contributed by atoms with Gasteiger partial charge in [0.15, 0.2) is 14.3 Å². The maximum Gasteiger partial charge on any atom is 0.188 e. The molecule has 0 unspecified atom stereocenters. The molecule has 1 aromatic heterocycles. The average molecular weight is 559 g/mol. The molecule has 0 aliphatic carbocycles. The van der Waals surface area contributed by atoms with Crippen LogP contribution in [0.1, 0.15) is 5.69 Å². The van der Waals surface area contributed by atoms with Crippen molar-refractivity contribution < 1.29 is 9.13 Å². The van der Waals surface area contributed by atoms with Gasteiger partial charge in [-0.15, -0.1) is 0 Å². The van der Waals surface area contributed by atoms with Gasteiger partial charge in [-0.1, -0.05) is 140 Å². The first kappa shape index (κ1) is 27.2. The predicted molar refractivity (Wildman–Crippen MR) is 169 cm³/mol. The third-order valence-corrected chi connectivity index (χ3v) is 12.4. The molecule has 5 rings (SSSR count). The van der Waals surface area contributed by atoms with Crippen LogP contribution in [-0.4, -0.2) is 11.2 Å².